The Hall–Kier alpha value is -1.01. The molecule has 0 radical (unpaired) electrons. The van der Waals surface area contributed by atoms with Crippen molar-refractivity contribution in [1.29, 1.82) is 0 Å². The van der Waals surface area contributed by atoms with Crippen LogP contribution in [-0.2, 0) is 11.8 Å². The molecule has 1 saturated heterocycles. The monoisotopic (exact) mass is 197 g/mol. The van der Waals surface area contributed by atoms with Gasteiger partial charge in [0.05, 0.1) is 18.8 Å². The molecular weight excluding hydrogens is 182 g/mol. The second-order valence-corrected chi connectivity index (χ2v) is 3.83. The number of nitrogens with zero attached hydrogens (tertiary/aromatic N) is 4. The van der Waals surface area contributed by atoms with E-state index >= 15 is 0 Å². The molecule has 2 heterocycles. The molecule has 14 heavy (non-hydrogen) atoms. The van der Waals surface area contributed by atoms with Crippen molar-refractivity contribution in [2.24, 2.45) is 18.7 Å². The van der Waals surface area contributed by atoms with E-state index < -0.39 is 0 Å². The lowest BCUT2D eigenvalue weighted by Gasteiger charge is -2.15. The topological polar surface area (TPSA) is 78.9 Å². The molecule has 2 rings (SSSR count). The van der Waals surface area contributed by atoms with E-state index in [1.54, 1.807) is 11.7 Å². The van der Waals surface area contributed by atoms with Crippen LogP contribution < -0.4 is 5.73 Å². The maximum Gasteiger partial charge on any atom is 0.168 e. The standard InChI is InChI=1S/C8H15N5O/c1-5-3-6(4-14-5)7(9)8-10-11-12-13(8)2/h5-7H,3-4,9H2,1-2H3. The van der Waals surface area contributed by atoms with E-state index in [0.717, 1.165) is 12.2 Å². The van der Waals surface area contributed by atoms with Crippen LogP contribution in [0.3, 0.4) is 0 Å². The Balaban J connectivity index is 2.09. The van der Waals surface area contributed by atoms with Crippen molar-refractivity contribution in [3.63, 3.8) is 0 Å². The fourth-order valence-electron chi connectivity index (χ4n) is 1.83. The predicted octanol–water partition coefficient (Wildman–Crippen LogP) is -0.365. The number of tetrazole rings is 1. The molecular formula is C8H15N5O. The number of nitrogens with two attached hydrogens (primary N) is 1. The SMILES string of the molecule is CC1CC(C(N)c2nnnn2C)CO1. The Morgan fingerprint density at radius 1 is 1.64 bits per heavy atom. The van der Waals surface area contributed by atoms with Crippen LogP contribution in [0.4, 0.5) is 0 Å². The van der Waals surface area contributed by atoms with Crippen molar-refractivity contribution in [3.8, 4) is 0 Å². The number of hydrogen-bond donors (Lipinski definition) is 1. The van der Waals surface area contributed by atoms with Crippen molar-refractivity contribution in [2.75, 3.05) is 6.61 Å². The molecule has 6 heteroatoms. The molecule has 1 fully saturated rings. The third-order valence-electron chi connectivity index (χ3n) is 2.69. The Bertz CT molecular complexity index is 312. The van der Waals surface area contributed by atoms with Crippen LogP contribution in [0.2, 0.25) is 0 Å². The van der Waals surface area contributed by atoms with Gasteiger partial charge in [-0.25, -0.2) is 4.68 Å². The predicted molar refractivity (Wildman–Crippen MR) is 49.2 cm³/mol. The smallest absolute Gasteiger partial charge is 0.168 e. The summed E-state index contributed by atoms with van der Waals surface area (Å²) in [5.74, 6) is 1.06. The molecule has 0 aliphatic carbocycles. The second kappa shape index (κ2) is 3.62. The quantitative estimate of drug-likeness (QED) is 0.700. The molecule has 1 aliphatic heterocycles. The van der Waals surface area contributed by atoms with Crippen LogP contribution in [0.25, 0.3) is 0 Å². The molecule has 3 unspecified atom stereocenters. The molecule has 1 aliphatic rings. The molecule has 1 aromatic heterocycles. The van der Waals surface area contributed by atoms with Gasteiger partial charge in [-0.05, 0) is 23.8 Å². The summed E-state index contributed by atoms with van der Waals surface area (Å²) in [6, 6.07) is -0.125. The maximum atomic E-state index is 6.06. The number of hydrogen-bond acceptors (Lipinski definition) is 5. The van der Waals surface area contributed by atoms with Gasteiger partial charge >= 0.3 is 0 Å². The highest BCUT2D eigenvalue weighted by Crippen LogP contribution is 2.28. The molecule has 0 aromatic carbocycles. The van der Waals surface area contributed by atoms with Crippen LogP contribution in [0.5, 0.6) is 0 Å². The fourth-order valence-corrected chi connectivity index (χ4v) is 1.83. The Kier molecular flexibility index (Phi) is 2.47. The molecule has 0 amide bonds. The van der Waals surface area contributed by atoms with Gasteiger partial charge in [0.1, 0.15) is 0 Å². The largest absolute Gasteiger partial charge is 0.378 e. The van der Waals surface area contributed by atoms with E-state index in [-0.39, 0.29) is 6.04 Å². The molecule has 6 nitrogen and oxygen atoms in total. The maximum absolute atomic E-state index is 6.06. The normalized spacial score (nSPS) is 29.4. The van der Waals surface area contributed by atoms with Crippen LogP contribution in [0.15, 0.2) is 0 Å². The van der Waals surface area contributed by atoms with Gasteiger partial charge in [0.2, 0.25) is 0 Å². The number of rotatable bonds is 2. The highest BCUT2D eigenvalue weighted by molar-refractivity contribution is 4.95. The summed E-state index contributed by atoms with van der Waals surface area (Å²) in [5, 5.41) is 11.2. The van der Waals surface area contributed by atoms with E-state index in [2.05, 4.69) is 22.4 Å². The van der Waals surface area contributed by atoms with Crippen molar-refractivity contribution >= 4 is 0 Å². The lowest BCUT2D eigenvalue weighted by molar-refractivity contribution is 0.118. The summed E-state index contributed by atoms with van der Waals surface area (Å²) < 4.78 is 7.09. The first-order chi connectivity index (χ1) is 6.68. The summed E-state index contributed by atoms with van der Waals surface area (Å²) in [7, 11) is 1.80. The first-order valence-corrected chi connectivity index (χ1v) is 4.78. The van der Waals surface area contributed by atoms with E-state index in [1.165, 1.54) is 0 Å². The number of aromatic nitrogens is 4. The Morgan fingerprint density at radius 2 is 2.43 bits per heavy atom. The minimum Gasteiger partial charge on any atom is -0.378 e. The van der Waals surface area contributed by atoms with Gasteiger partial charge in [0.25, 0.3) is 0 Å². The summed E-state index contributed by atoms with van der Waals surface area (Å²) in [6.07, 6.45) is 1.28. The fraction of sp³-hybridized carbons (Fsp3) is 0.875. The van der Waals surface area contributed by atoms with Gasteiger partial charge < -0.3 is 10.5 Å². The van der Waals surface area contributed by atoms with Crippen LogP contribution in [0.1, 0.15) is 25.2 Å². The van der Waals surface area contributed by atoms with E-state index in [4.69, 9.17) is 10.5 Å². The van der Waals surface area contributed by atoms with Gasteiger partial charge in [-0.1, -0.05) is 0 Å². The number of aryl methyl sites for hydroxylation is 1. The molecule has 3 atom stereocenters. The summed E-state index contributed by atoms with van der Waals surface area (Å²) >= 11 is 0. The highest BCUT2D eigenvalue weighted by atomic mass is 16.5. The third-order valence-corrected chi connectivity index (χ3v) is 2.69. The van der Waals surface area contributed by atoms with E-state index in [9.17, 15) is 0 Å². The van der Waals surface area contributed by atoms with Crippen LogP contribution in [0, 0.1) is 5.92 Å². The average molecular weight is 197 g/mol. The van der Waals surface area contributed by atoms with Gasteiger partial charge in [-0.3, -0.25) is 0 Å². The van der Waals surface area contributed by atoms with Crippen LogP contribution in [-0.4, -0.2) is 32.9 Å². The summed E-state index contributed by atoms with van der Waals surface area (Å²) in [4.78, 5) is 0. The van der Waals surface area contributed by atoms with Crippen molar-refractivity contribution < 1.29 is 4.74 Å². The highest BCUT2D eigenvalue weighted by Gasteiger charge is 2.30. The lowest BCUT2D eigenvalue weighted by atomic mass is 9.97. The first-order valence-electron chi connectivity index (χ1n) is 4.78. The Morgan fingerprint density at radius 3 is 2.93 bits per heavy atom. The van der Waals surface area contributed by atoms with Gasteiger partial charge in [0.15, 0.2) is 5.82 Å². The van der Waals surface area contributed by atoms with Crippen LogP contribution >= 0.6 is 0 Å². The van der Waals surface area contributed by atoms with Crippen molar-refractivity contribution in [2.45, 2.75) is 25.5 Å². The zero-order valence-electron chi connectivity index (χ0n) is 8.42. The van der Waals surface area contributed by atoms with Gasteiger partial charge in [0, 0.05) is 13.0 Å². The summed E-state index contributed by atoms with van der Waals surface area (Å²) in [5.41, 5.74) is 6.06. The Labute approximate surface area is 82.4 Å². The molecule has 78 valence electrons. The third kappa shape index (κ3) is 1.62. The van der Waals surface area contributed by atoms with Gasteiger partial charge in [-0.15, -0.1) is 5.10 Å². The zero-order chi connectivity index (χ0) is 10.1. The van der Waals surface area contributed by atoms with Crippen molar-refractivity contribution in [1.82, 2.24) is 20.2 Å². The first kappa shape index (κ1) is 9.54. The average Bonchev–Trinajstić information content (AvgIpc) is 2.73. The molecule has 2 N–H and O–H groups in total. The molecule has 0 bridgehead atoms. The van der Waals surface area contributed by atoms with E-state index in [0.29, 0.717) is 18.6 Å². The number of ether oxygens (including phenoxy) is 1. The molecule has 0 spiro atoms. The minimum absolute atomic E-state index is 0.125. The minimum atomic E-state index is -0.125. The second-order valence-electron chi connectivity index (χ2n) is 3.83. The van der Waals surface area contributed by atoms with E-state index in [1.807, 2.05) is 0 Å². The summed E-state index contributed by atoms with van der Waals surface area (Å²) in [6.45, 7) is 2.76. The van der Waals surface area contributed by atoms with Gasteiger partial charge in [-0.2, -0.15) is 0 Å². The molecule has 1 aromatic rings. The molecule has 0 saturated carbocycles. The zero-order valence-corrected chi connectivity index (χ0v) is 8.42. The van der Waals surface area contributed by atoms with Crippen molar-refractivity contribution in [3.05, 3.63) is 5.82 Å². The lowest BCUT2D eigenvalue weighted by Crippen LogP contribution is -2.25.